The predicted octanol–water partition coefficient (Wildman–Crippen LogP) is 1.47. The third-order valence-corrected chi connectivity index (χ3v) is 3.95. The Hall–Kier alpha value is -1.43. The van der Waals surface area contributed by atoms with Crippen LogP contribution >= 0.6 is 0 Å². The molecular formula is C16H23NO4. The van der Waals surface area contributed by atoms with Gasteiger partial charge in [-0.3, -0.25) is 0 Å². The molecule has 0 saturated carbocycles. The molecule has 1 aliphatic heterocycles. The number of ether oxygens (including phenoxy) is 3. The normalized spacial score (nSPS) is 21.0. The molecule has 1 aromatic rings. The average molecular weight is 293 g/mol. The number of carbonyl (C=O) groups is 1. The molecule has 1 heterocycles. The Morgan fingerprint density at radius 1 is 1.43 bits per heavy atom. The smallest absolute Gasteiger partial charge is 0.330 e. The van der Waals surface area contributed by atoms with Crippen molar-refractivity contribution in [2.45, 2.75) is 24.5 Å². The largest absolute Gasteiger partial charge is 0.467 e. The van der Waals surface area contributed by atoms with Crippen molar-refractivity contribution in [1.82, 2.24) is 5.32 Å². The second-order valence-corrected chi connectivity index (χ2v) is 5.12. The van der Waals surface area contributed by atoms with Gasteiger partial charge in [-0.1, -0.05) is 30.3 Å². The molecular weight excluding hydrogens is 270 g/mol. The molecule has 1 aliphatic rings. The maximum atomic E-state index is 12.3. The summed E-state index contributed by atoms with van der Waals surface area (Å²) in [6.45, 7) is 1.85. The number of esters is 1. The zero-order chi connectivity index (χ0) is 15.1. The maximum Gasteiger partial charge on any atom is 0.330 e. The van der Waals surface area contributed by atoms with E-state index >= 15 is 0 Å². The molecule has 2 unspecified atom stereocenters. The van der Waals surface area contributed by atoms with Crippen molar-refractivity contribution in [2.24, 2.45) is 0 Å². The molecule has 5 heteroatoms. The molecule has 1 saturated heterocycles. The Balaban J connectivity index is 2.09. The molecule has 0 amide bonds. The Morgan fingerprint density at radius 2 is 2.19 bits per heavy atom. The number of hydrogen-bond acceptors (Lipinski definition) is 5. The van der Waals surface area contributed by atoms with Crippen LogP contribution in [0.5, 0.6) is 0 Å². The van der Waals surface area contributed by atoms with Crippen LogP contribution < -0.4 is 5.32 Å². The lowest BCUT2D eigenvalue weighted by atomic mass is 9.87. The molecule has 2 atom stereocenters. The standard InChI is InChI=1S/C16H23NO4/c1-17-16(15(18)19-2,13-6-4-3-5-7-13)9-11-21-14-8-10-20-12-14/h3-7,14,17H,8-12H2,1-2H3. The van der Waals surface area contributed by atoms with Crippen LogP contribution in [0.25, 0.3) is 0 Å². The monoisotopic (exact) mass is 293 g/mol. The van der Waals surface area contributed by atoms with Crippen LogP contribution in [0.15, 0.2) is 30.3 Å². The van der Waals surface area contributed by atoms with E-state index in [1.165, 1.54) is 7.11 Å². The summed E-state index contributed by atoms with van der Waals surface area (Å²) in [6, 6.07) is 9.60. The minimum absolute atomic E-state index is 0.132. The van der Waals surface area contributed by atoms with Gasteiger partial charge < -0.3 is 19.5 Å². The van der Waals surface area contributed by atoms with Gasteiger partial charge in [0.2, 0.25) is 0 Å². The van der Waals surface area contributed by atoms with Gasteiger partial charge in [-0.25, -0.2) is 4.79 Å². The fourth-order valence-corrected chi connectivity index (χ4v) is 2.66. The van der Waals surface area contributed by atoms with Crippen molar-refractivity contribution in [3.05, 3.63) is 35.9 Å². The Morgan fingerprint density at radius 3 is 2.76 bits per heavy atom. The number of hydrogen-bond donors (Lipinski definition) is 1. The number of methoxy groups -OCH3 is 1. The molecule has 1 fully saturated rings. The summed E-state index contributed by atoms with van der Waals surface area (Å²) in [5.41, 5.74) is 0.000713. The van der Waals surface area contributed by atoms with Gasteiger partial charge in [0.1, 0.15) is 5.54 Å². The molecule has 1 N–H and O–H groups in total. The second-order valence-electron chi connectivity index (χ2n) is 5.12. The minimum Gasteiger partial charge on any atom is -0.467 e. The molecule has 0 radical (unpaired) electrons. The quantitative estimate of drug-likeness (QED) is 0.772. The first-order valence-corrected chi connectivity index (χ1v) is 7.25. The zero-order valence-corrected chi connectivity index (χ0v) is 12.6. The highest BCUT2D eigenvalue weighted by atomic mass is 16.5. The summed E-state index contributed by atoms with van der Waals surface area (Å²) in [4.78, 5) is 12.3. The Bertz CT molecular complexity index is 445. The molecule has 0 aromatic heterocycles. The lowest BCUT2D eigenvalue weighted by molar-refractivity contribution is -0.150. The summed E-state index contributed by atoms with van der Waals surface area (Å²) in [5, 5.41) is 3.12. The molecule has 116 valence electrons. The van der Waals surface area contributed by atoms with E-state index < -0.39 is 5.54 Å². The third-order valence-electron chi connectivity index (χ3n) is 3.95. The molecule has 0 aliphatic carbocycles. The van der Waals surface area contributed by atoms with Crippen LogP contribution in [0.3, 0.4) is 0 Å². The molecule has 21 heavy (non-hydrogen) atoms. The Labute approximate surface area is 125 Å². The van der Waals surface area contributed by atoms with Crippen molar-refractivity contribution in [1.29, 1.82) is 0 Å². The van der Waals surface area contributed by atoms with Crippen LogP contribution in [0.1, 0.15) is 18.4 Å². The first-order chi connectivity index (χ1) is 10.2. The van der Waals surface area contributed by atoms with E-state index in [-0.39, 0.29) is 12.1 Å². The average Bonchev–Trinajstić information content (AvgIpc) is 3.05. The van der Waals surface area contributed by atoms with Crippen LogP contribution in [-0.2, 0) is 24.5 Å². The van der Waals surface area contributed by atoms with E-state index in [0.29, 0.717) is 19.6 Å². The van der Waals surface area contributed by atoms with Gasteiger partial charge in [-0.2, -0.15) is 0 Å². The molecule has 1 aromatic carbocycles. The molecule has 5 nitrogen and oxygen atoms in total. The van der Waals surface area contributed by atoms with E-state index in [1.54, 1.807) is 7.05 Å². The van der Waals surface area contributed by atoms with Gasteiger partial charge in [0, 0.05) is 19.6 Å². The highest BCUT2D eigenvalue weighted by Crippen LogP contribution is 2.27. The van der Waals surface area contributed by atoms with Crippen LogP contribution in [0.4, 0.5) is 0 Å². The predicted molar refractivity (Wildman–Crippen MR) is 79.0 cm³/mol. The van der Waals surface area contributed by atoms with E-state index in [0.717, 1.165) is 18.6 Å². The highest BCUT2D eigenvalue weighted by Gasteiger charge is 2.39. The molecule has 0 spiro atoms. The maximum absolute atomic E-state index is 12.3. The van der Waals surface area contributed by atoms with Crippen LogP contribution in [0, 0.1) is 0 Å². The van der Waals surface area contributed by atoms with Crippen molar-refractivity contribution < 1.29 is 19.0 Å². The van der Waals surface area contributed by atoms with Crippen molar-refractivity contribution >= 4 is 5.97 Å². The lowest BCUT2D eigenvalue weighted by Crippen LogP contribution is -2.49. The summed E-state index contributed by atoms with van der Waals surface area (Å²) < 4.78 is 16.1. The number of likely N-dealkylation sites (N-methyl/N-ethyl adjacent to an activating group) is 1. The number of rotatable bonds is 7. The van der Waals surface area contributed by atoms with Gasteiger partial charge in [0.15, 0.2) is 0 Å². The van der Waals surface area contributed by atoms with Crippen molar-refractivity contribution in [3.63, 3.8) is 0 Å². The van der Waals surface area contributed by atoms with E-state index in [4.69, 9.17) is 14.2 Å². The summed E-state index contributed by atoms with van der Waals surface area (Å²) in [6.07, 6.45) is 1.56. The number of carbonyl (C=O) groups excluding carboxylic acids is 1. The molecule has 0 bridgehead atoms. The molecule has 2 rings (SSSR count). The lowest BCUT2D eigenvalue weighted by Gasteiger charge is -2.31. The first-order valence-electron chi connectivity index (χ1n) is 7.25. The van der Waals surface area contributed by atoms with E-state index in [9.17, 15) is 4.79 Å². The fraction of sp³-hybridized carbons (Fsp3) is 0.562. The fourth-order valence-electron chi connectivity index (χ4n) is 2.66. The summed E-state index contributed by atoms with van der Waals surface area (Å²) >= 11 is 0. The van der Waals surface area contributed by atoms with Crippen molar-refractivity contribution in [3.8, 4) is 0 Å². The highest BCUT2D eigenvalue weighted by molar-refractivity contribution is 5.82. The first kappa shape index (κ1) is 15.9. The minimum atomic E-state index is -0.879. The van der Waals surface area contributed by atoms with Crippen LogP contribution in [0.2, 0.25) is 0 Å². The summed E-state index contributed by atoms with van der Waals surface area (Å²) in [5.74, 6) is -0.303. The number of nitrogens with one attached hydrogen (secondary N) is 1. The van der Waals surface area contributed by atoms with E-state index in [1.807, 2.05) is 30.3 Å². The number of benzene rings is 1. The summed E-state index contributed by atoms with van der Waals surface area (Å²) in [7, 11) is 3.17. The third kappa shape index (κ3) is 3.61. The second kappa shape index (κ2) is 7.54. The van der Waals surface area contributed by atoms with Gasteiger partial charge in [-0.15, -0.1) is 0 Å². The van der Waals surface area contributed by atoms with Gasteiger partial charge >= 0.3 is 5.97 Å². The zero-order valence-electron chi connectivity index (χ0n) is 12.6. The van der Waals surface area contributed by atoms with Gasteiger partial charge in [0.25, 0.3) is 0 Å². The SMILES string of the molecule is CNC(CCOC1CCOC1)(C(=O)OC)c1ccccc1. The van der Waals surface area contributed by atoms with Crippen LogP contribution in [-0.4, -0.2) is 46.1 Å². The van der Waals surface area contributed by atoms with Crippen molar-refractivity contribution in [2.75, 3.05) is 34.0 Å². The van der Waals surface area contributed by atoms with Gasteiger partial charge in [0.05, 0.1) is 19.8 Å². The topological polar surface area (TPSA) is 56.8 Å². The Kier molecular flexibility index (Phi) is 5.73. The van der Waals surface area contributed by atoms with Gasteiger partial charge in [-0.05, 0) is 19.0 Å². The van der Waals surface area contributed by atoms with E-state index in [2.05, 4.69) is 5.32 Å².